The monoisotopic (exact) mass is 186 g/mol. The van der Waals surface area contributed by atoms with Gasteiger partial charge in [0.2, 0.25) is 0 Å². The predicted octanol–water partition coefficient (Wildman–Crippen LogP) is 3.13. The van der Waals surface area contributed by atoms with Crippen molar-refractivity contribution in [2.45, 2.75) is 45.8 Å². The first-order valence-electron chi connectivity index (χ1n) is 5.03. The van der Waals surface area contributed by atoms with Crippen LogP contribution < -0.4 is 0 Å². The Bertz CT molecular complexity index is 137. The van der Waals surface area contributed by atoms with Crippen LogP contribution in [0.3, 0.4) is 0 Å². The summed E-state index contributed by atoms with van der Waals surface area (Å²) in [6, 6.07) is 0. The third-order valence-corrected chi connectivity index (χ3v) is 2.14. The Morgan fingerprint density at radius 1 is 1.23 bits per heavy atom. The van der Waals surface area contributed by atoms with Crippen LogP contribution in [0.15, 0.2) is 11.6 Å². The lowest BCUT2D eigenvalue weighted by Gasteiger charge is -2.11. The van der Waals surface area contributed by atoms with Gasteiger partial charge in [0.05, 0.1) is 0 Å². The van der Waals surface area contributed by atoms with E-state index >= 15 is 0 Å². The Balaban J connectivity index is 4.01. The molecule has 0 saturated carbocycles. The molecule has 0 atom stereocenters. The standard InChI is InChI=1S/C11H22O2/c1-5-7-8-10(6-2)9-11(12-3)13-4/h9,11H,5-8H2,1-4H3/b10-9+. The summed E-state index contributed by atoms with van der Waals surface area (Å²) in [5, 5.41) is 0. The zero-order valence-electron chi connectivity index (χ0n) is 9.30. The van der Waals surface area contributed by atoms with E-state index in [1.807, 2.05) is 0 Å². The fourth-order valence-corrected chi connectivity index (χ4v) is 1.21. The topological polar surface area (TPSA) is 18.5 Å². The third-order valence-electron chi connectivity index (χ3n) is 2.14. The fourth-order valence-electron chi connectivity index (χ4n) is 1.21. The zero-order valence-corrected chi connectivity index (χ0v) is 9.30. The molecule has 2 nitrogen and oxygen atoms in total. The van der Waals surface area contributed by atoms with Crippen molar-refractivity contribution < 1.29 is 9.47 Å². The number of allylic oxidation sites excluding steroid dienone is 1. The average Bonchev–Trinajstić information content (AvgIpc) is 2.19. The van der Waals surface area contributed by atoms with Crippen LogP contribution in [0.5, 0.6) is 0 Å². The lowest BCUT2D eigenvalue weighted by atomic mass is 10.1. The van der Waals surface area contributed by atoms with Gasteiger partial charge < -0.3 is 9.47 Å². The minimum Gasteiger partial charge on any atom is -0.352 e. The van der Waals surface area contributed by atoms with E-state index < -0.39 is 0 Å². The number of rotatable bonds is 7. The first kappa shape index (κ1) is 12.7. The van der Waals surface area contributed by atoms with E-state index in [4.69, 9.17) is 9.47 Å². The molecule has 0 amide bonds. The summed E-state index contributed by atoms with van der Waals surface area (Å²) in [5.41, 5.74) is 1.43. The van der Waals surface area contributed by atoms with Crippen molar-refractivity contribution in [2.24, 2.45) is 0 Å². The predicted molar refractivity (Wildman–Crippen MR) is 55.7 cm³/mol. The van der Waals surface area contributed by atoms with Crippen LogP contribution in [0, 0.1) is 0 Å². The summed E-state index contributed by atoms with van der Waals surface area (Å²) in [6.45, 7) is 4.38. The van der Waals surface area contributed by atoms with Crippen molar-refractivity contribution in [1.29, 1.82) is 0 Å². The lowest BCUT2D eigenvalue weighted by molar-refractivity contribution is -0.0672. The van der Waals surface area contributed by atoms with Crippen molar-refractivity contribution >= 4 is 0 Å². The molecule has 0 radical (unpaired) electrons. The van der Waals surface area contributed by atoms with Crippen LogP contribution in [-0.2, 0) is 9.47 Å². The quantitative estimate of drug-likeness (QED) is 0.449. The van der Waals surface area contributed by atoms with E-state index in [0.717, 1.165) is 12.8 Å². The molecule has 0 aromatic carbocycles. The first-order chi connectivity index (χ1) is 6.28. The highest BCUT2D eigenvalue weighted by Crippen LogP contribution is 2.12. The fraction of sp³-hybridized carbons (Fsp3) is 0.818. The van der Waals surface area contributed by atoms with Gasteiger partial charge in [-0.1, -0.05) is 25.8 Å². The Morgan fingerprint density at radius 2 is 1.85 bits per heavy atom. The van der Waals surface area contributed by atoms with E-state index in [-0.39, 0.29) is 6.29 Å². The van der Waals surface area contributed by atoms with Crippen LogP contribution >= 0.6 is 0 Å². The molecule has 0 rings (SSSR count). The largest absolute Gasteiger partial charge is 0.352 e. The molecular weight excluding hydrogens is 164 g/mol. The summed E-state index contributed by atoms with van der Waals surface area (Å²) in [7, 11) is 3.33. The van der Waals surface area contributed by atoms with Gasteiger partial charge >= 0.3 is 0 Å². The van der Waals surface area contributed by atoms with Crippen LogP contribution in [0.4, 0.5) is 0 Å². The highest BCUT2D eigenvalue weighted by atomic mass is 16.7. The molecule has 2 heteroatoms. The molecule has 0 aliphatic carbocycles. The number of methoxy groups -OCH3 is 2. The molecule has 0 aliphatic heterocycles. The second-order valence-electron chi connectivity index (χ2n) is 3.12. The summed E-state index contributed by atoms with van der Waals surface area (Å²) in [6.07, 6.45) is 6.64. The molecular formula is C11H22O2. The van der Waals surface area contributed by atoms with Crippen molar-refractivity contribution in [3.05, 3.63) is 11.6 Å². The number of hydrogen-bond acceptors (Lipinski definition) is 2. The molecule has 0 aromatic heterocycles. The van der Waals surface area contributed by atoms with Crippen LogP contribution in [0.2, 0.25) is 0 Å². The molecule has 0 aliphatic rings. The maximum Gasteiger partial charge on any atom is 0.176 e. The van der Waals surface area contributed by atoms with Crippen molar-refractivity contribution in [1.82, 2.24) is 0 Å². The van der Waals surface area contributed by atoms with Crippen LogP contribution in [0.25, 0.3) is 0 Å². The van der Waals surface area contributed by atoms with Gasteiger partial charge in [0.25, 0.3) is 0 Å². The Labute approximate surface area is 81.9 Å². The highest BCUT2D eigenvalue weighted by Gasteiger charge is 2.02. The Kier molecular flexibility index (Phi) is 8.05. The minimum absolute atomic E-state index is 0.174. The van der Waals surface area contributed by atoms with E-state index in [1.54, 1.807) is 14.2 Å². The van der Waals surface area contributed by atoms with Gasteiger partial charge in [-0.05, 0) is 25.3 Å². The molecule has 0 saturated heterocycles. The lowest BCUT2D eigenvalue weighted by Crippen LogP contribution is -2.10. The number of hydrogen-bond donors (Lipinski definition) is 0. The Hall–Kier alpha value is -0.340. The average molecular weight is 186 g/mol. The molecule has 78 valence electrons. The molecule has 0 heterocycles. The van der Waals surface area contributed by atoms with Crippen molar-refractivity contribution in [2.75, 3.05) is 14.2 Å². The van der Waals surface area contributed by atoms with Gasteiger partial charge in [-0.2, -0.15) is 0 Å². The summed E-state index contributed by atoms with van der Waals surface area (Å²) in [4.78, 5) is 0. The van der Waals surface area contributed by atoms with Crippen molar-refractivity contribution in [3.63, 3.8) is 0 Å². The second kappa shape index (κ2) is 8.27. The molecule has 13 heavy (non-hydrogen) atoms. The van der Waals surface area contributed by atoms with Gasteiger partial charge in [-0.15, -0.1) is 0 Å². The number of ether oxygens (including phenoxy) is 2. The highest BCUT2D eigenvalue weighted by molar-refractivity contribution is 5.02. The molecule has 0 unspecified atom stereocenters. The molecule has 0 spiro atoms. The number of unbranched alkanes of at least 4 members (excludes halogenated alkanes) is 1. The third kappa shape index (κ3) is 5.83. The molecule has 0 fully saturated rings. The van der Waals surface area contributed by atoms with Gasteiger partial charge in [0.1, 0.15) is 0 Å². The van der Waals surface area contributed by atoms with E-state index in [1.165, 1.54) is 18.4 Å². The normalized spacial score (nSPS) is 12.5. The van der Waals surface area contributed by atoms with Gasteiger partial charge in [-0.3, -0.25) is 0 Å². The van der Waals surface area contributed by atoms with Crippen molar-refractivity contribution in [3.8, 4) is 0 Å². The summed E-state index contributed by atoms with van der Waals surface area (Å²) < 4.78 is 10.2. The molecule has 0 N–H and O–H groups in total. The van der Waals surface area contributed by atoms with E-state index in [9.17, 15) is 0 Å². The van der Waals surface area contributed by atoms with E-state index in [2.05, 4.69) is 19.9 Å². The smallest absolute Gasteiger partial charge is 0.176 e. The second-order valence-corrected chi connectivity index (χ2v) is 3.12. The van der Waals surface area contributed by atoms with Crippen LogP contribution in [-0.4, -0.2) is 20.5 Å². The van der Waals surface area contributed by atoms with Gasteiger partial charge in [0, 0.05) is 14.2 Å². The summed E-state index contributed by atoms with van der Waals surface area (Å²) >= 11 is 0. The Morgan fingerprint density at radius 3 is 2.23 bits per heavy atom. The minimum atomic E-state index is -0.174. The molecule has 0 aromatic rings. The summed E-state index contributed by atoms with van der Waals surface area (Å²) in [5.74, 6) is 0. The van der Waals surface area contributed by atoms with Gasteiger partial charge in [-0.25, -0.2) is 0 Å². The SMILES string of the molecule is CCCC/C(=C/C(OC)OC)CC. The zero-order chi connectivity index (χ0) is 10.1. The van der Waals surface area contributed by atoms with Crippen LogP contribution in [0.1, 0.15) is 39.5 Å². The maximum absolute atomic E-state index is 5.11. The van der Waals surface area contributed by atoms with Gasteiger partial charge in [0.15, 0.2) is 6.29 Å². The molecule has 0 bridgehead atoms. The van der Waals surface area contributed by atoms with E-state index in [0.29, 0.717) is 0 Å². The first-order valence-corrected chi connectivity index (χ1v) is 5.03. The maximum atomic E-state index is 5.11.